The average molecular weight is 293 g/mol. The summed E-state index contributed by atoms with van der Waals surface area (Å²) in [4.78, 5) is 5.46. The molecular formula is C7H5BrN2S3. The topological polar surface area (TPSA) is 25.8 Å². The van der Waals surface area contributed by atoms with Crippen LogP contribution in [-0.2, 0) is 5.75 Å². The summed E-state index contributed by atoms with van der Waals surface area (Å²) in [7, 11) is 0. The molecule has 0 atom stereocenters. The normalized spacial score (nSPS) is 10.5. The first kappa shape index (κ1) is 9.64. The molecule has 0 unspecified atom stereocenters. The van der Waals surface area contributed by atoms with Gasteiger partial charge in [-0.15, -0.1) is 11.3 Å². The predicted octanol–water partition coefficient (Wildman–Crippen LogP) is 3.65. The van der Waals surface area contributed by atoms with Crippen molar-refractivity contribution in [3.05, 3.63) is 27.1 Å². The number of halogens is 1. The molecule has 0 bridgehead atoms. The number of rotatable bonds is 3. The lowest BCUT2D eigenvalue weighted by Crippen LogP contribution is -1.71. The van der Waals surface area contributed by atoms with Gasteiger partial charge in [0.15, 0.2) is 4.34 Å². The molecule has 0 N–H and O–H groups in total. The Morgan fingerprint density at radius 1 is 1.46 bits per heavy atom. The van der Waals surface area contributed by atoms with Crippen molar-refractivity contribution < 1.29 is 0 Å². The summed E-state index contributed by atoms with van der Waals surface area (Å²) in [6, 6.07) is 4.20. The van der Waals surface area contributed by atoms with E-state index >= 15 is 0 Å². The van der Waals surface area contributed by atoms with Gasteiger partial charge >= 0.3 is 0 Å². The van der Waals surface area contributed by atoms with E-state index in [0.29, 0.717) is 0 Å². The second kappa shape index (κ2) is 4.54. The van der Waals surface area contributed by atoms with E-state index < -0.39 is 0 Å². The molecule has 2 heterocycles. The molecule has 0 aliphatic rings. The van der Waals surface area contributed by atoms with E-state index in [1.54, 1.807) is 29.4 Å². The van der Waals surface area contributed by atoms with E-state index in [0.717, 1.165) is 10.1 Å². The van der Waals surface area contributed by atoms with Crippen molar-refractivity contribution in [1.29, 1.82) is 0 Å². The third-order valence-electron chi connectivity index (χ3n) is 1.31. The lowest BCUT2D eigenvalue weighted by atomic mass is 10.5. The van der Waals surface area contributed by atoms with Gasteiger partial charge in [-0.3, -0.25) is 0 Å². The highest BCUT2D eigenvalue weighted by Gasteiger charge is 2.01. The summed E-state index contributed by atoms with van der Waals surface area (Å²) in [5.41, 5.74) is 0. The Balaban J connectivity index is 1.93. The zero-order chi connectivity index (χ0) is 9.10. The minimum atomic E-state index is 0.978. The minimum Gasteiger partial charge on any atom is -0.216 e. The van der Waals surface area contributed by atoms with Gasteiger partial charge in [0.05, 0.1) is 3.79 Å². The second-order valence-corrected chi connectivity index (χ2v) is 6.75. The van der Waals surface area contributed by atoms with Crippen molar-refractivity contribution >= 4 is 50.6 Å². The molecule has 0 fully saturated rings. The molecule has 2 aromatic rings. The predicted molar refractivity (Wildman–Crippen MR) is 61.5 cm³/mol. The quantitative estimate of drug-likeness (QED) is 0.808. The standard InChI is InChI=1S/C7H5BrN2S3/c8-6-2-1-5(12-6)3-11-7-9-4-10-13-7/h1-2,4H,3H2. The fraction of sp³-hybridized carbons (Fsp3) is 0.143. The molecule has 68 valence electrons. The van der Waals surface area contributed by atoms with Crippen molar-refractivity contribution in [2.75, 3.05) is 0 Å². The van der Waals surface area contributed by atoms with Crippen molar-refractivity contribution in [2.24, 2.45) is 0 Å². The average Bonchev–Trinajstić information content (AvgIpc) is 2.71. The van der Waals surface area contributed by atoms with Crippen LogP contribution in [0.3, 0.4) is 0 Å². The van der Waals surface area contributed by atoms with E-state index in [1.807, 2.05) is 0 Å². The van der Waals surface area contributed by atoms with Gasteiger partial charge in [0.1, 0.15) is 6.33 Å². The first-order chi connectivity index (χ1) is 6.34. The Morgan fingerprint density at radius 2 is 2.38 bits per heavy atom. The maximum atomic E-state index is 4.10. The molecule has 0 saturated heterocycles. The van der Waals surface area contributed by atoms with Crippen LogP contribution in [0.5, 0.6) is 0 Å². The van der Waals surface area contributed by atoms with Crippen LogP contribution in [0.25, 0.3) is 0 Å². The van der Waals surface area contributed by atoms with Crippen LogP contribution in [0.4, 0.5) is 0 Å². The molecule has 0 spiro atoms. The van der Waals surface area contributed by atoms with Gasteiger partial charge in [-0.2, -0.15) is 4.37 Å². The van der Waals surface area contributed by atoms with E-state index in [-0.39, 0.29) is 0 Å². The van der Waals surface area contributed by atoms with Gasteiger partial charge in [-0.25, -0.2) is 4.98 Å². The maximum Gasteiger partial charge on any atom is 0.170 e. The third kappa shape index (κ3) is 2.77. The van der Waals surface area contributed by atoms with Gasteiger partial charge in [0.25, 0.3) is 0 Å². The number of aromatic nitrogens is 2. The Bertz CT molecular complexity index is 371. The highest BCUT2D eigenvalue weighted by molar-refractivity contribution is 9.11. The van der Waals surface area contributed by atoms with Crippen molar-refractivity contribution in [2.45, 2.75) is 10.1 Å². The second-order valence-electron chi connectivity index (χ2n) is 2.20. The third-order valence-corrected chi connectivity index (χ3v) is 4.96. The van der Waals surface area contributed by atoms with Gasteiger partial charge in [0, 0.05) is 10.6 Å². The molecule has 0 radical (unpaired) electrons. The smallest absolute Gasteiger partial charge is 0.170 e. The van der Waals surface area contributed by atoms with Crippen LogP contribution in [0.2, 0.25) is 0 Å². The fourth-order valence-corrected chi connectivity index (χ4v) is 3.76. The number of thiophene rings is 1. The maximum absolute atomic E-state index is 4.10. The monoisotopic (exact) mass is 292 g/mol. The molecule has 6 heteroatoms. The lowest BCUT2D eigenvalue weighted by molar-refractivity contribution is 1.21. The highest BCUT2D eigenvalue weighted by atomic mass is 79.9. The zero-order valence-corrected chi connectivity index (χ0v) is 10.5. The van der Waals surface area contributed by atoms with Gasteiger partial charge < -0.3 is 0 Å². The van der Waals surface area contributed by atoms with E-state index in [2.05, 4.69) is 37.4 Å². The Hall–Kier alpha value is 0.0900. The highest BCUT2D eigenvalue weighted by Crippen LogP contribution is 2.29. The van der Waals surface area contributed by atoms with Gasteiger partial charge in [-0.05, 0) is 39.6 Å². The van der Waals surface area contributed by atoms with Crippen molar-refractivity contribution in [3.8, 4) is 0 Å². The molecule has 0 aliphatic heterocycles. The molecule has 0 amide bonds. The number of nitrogens with zero attached hydrogens (tertiary/aromatic N) is 2. The molecule has 0 aromatic carbocycles. The first-order valence-electron chi connectivity index (χ1n) is 3.48. The van der Waals surface area contributed by atoms with Crippen molar-refractivity contribution in [3.63, 3.8) is 0 Å². The van der Waals surface area contributed by atoms with Crippen LogP contribution in [-0.4, -0.2) is 9.36 Å². The molecule has 0 saturated carbocycles. The molecule has 2 rings (SSSR count). The summed E-state index contributed by atoms with van der Waals surface area (Å²) in [5.74, 6) is 0.978. The molecule has 0 aliphatic carbocycles. The van der Waals surface area contributed by atoms with E-state index in [9.17, 15) is 0 Å². The summed E-state index contributed by atoms with van der Waals surface area (Å²) >= 11 is 8.37. The van der Waals surface area contributed by atoms with Crippen LogP contribution in [0, 0.1) is 0 Å². The van der Waals surface area contributed by atoms with Gasteiger partial charge in [0.2, 0.25) is 0 Å². The molecule has 2 aromatic heterocycles. The van der Waals surface area contributed by atoms with Crippen LogP contribution in [0.15, 0.2) is 26.6 Å². The Morgan fingerprint density at radius 3 is 3.00 bits per heavy atom. The van der Waals surface area contributed by atoms with Crippen LogP contribution in [0.1, 0.15) is 4.88 Å². The van der Waals surface area contributed by atoms with Gasteiger partial charge in [-0.1, -0.05) is 11.8 Å². The first-order valence-corrected chi connectivity index (χ1v) is 6.85. The number of thioether (sulfide) groups is 1. The fourth-order valence-electron chi connectivity index (χ4n) is 0.789. The lowest BCUT2D eigenvalue weighted by Gasteiger charge is -1.91. The van der Waals surface area contributed by atoms with E-state index in [4.69, 9.17) is 0 Å². The van der Waals surface area contributed by atoms with Crippen LogP contribution >= 0.6 is 50.6 Å². The Kier molecular flexibility index (Phi) is 3.37. The summed E-state index contributed by atoms with van der Waals surface area (Å²) in [6.45, 7) is 0. The molecule has 2 nitrogen and oxygen atoms in total. The summed E-state index contributed by atoms with van der Waals surface area (Å²) in [5, 5.41) is 0. The molecule has 13 heavy (non-hydrogen) atoms. The van der Waals surface area contributed by atoms with Crippen LogP contribution < -0.4 is 0 Å². The van der Waals surface area contributed by atoms with E-state index in [1.165, 1.54) is 20.2 Å². The summed E-state index contributed by atoms with van der Waals surface area (Å²) < 4.78 is 6.16. The SMILES string of the molecule is Brc1ccc(CSc2ncns2)s1. The largest absolute Gasteiger partial charge is 0.216 e. The van der Waals surface area contributed by atoms with Crippen molar-refractivity contribution in [1.82, 2.24) is 9.36 Å². The molecular weight excluding hydrogens is 288 g/mol. The number of hydrogen-bond donors (Lipinski definition) is 0. The minimum absolute atomic E-state index is 0.978. The Labute approximate surface area is 96.7 Å². The number of hydrogen-bond acceptors (Lipinski definition) is 5. The summed E-state index contributed by atoms with van der Waals surface area (Å²) in [6.07, 6.45) is 1.59. The zero-order valence-electron chi connectivity index (χ0n) is 6.44.